The van der Waals surface area contributed by atoms with Crippen molar-refractivity contribution in [2.75, 3.05) is 46.3 Å². The zero-order valence-electron chi connectivity index (χ0n) is 12.3. The van der Waals surface area contributed by atoms with E-state index in [0.717, 1.165) is 51.3 Å². The molecule has 1 fully saturated rings. The van der Waals surface area contributed by atoms with E-state index in [2.05, 4.69) is 21.6 Å². The molecule has 21 heavy (non-hydrogen) atoms. The molecule has 0 unspecified atom stereocenters. The summed E-state index contributed by atoms with van der Waals surface area (Å²) < 4.78 is 39.3. The molecule has 0 atom stereocenters. The fourth-order valence-corrected chi connectivity index (χ4v) is 3.35. The average Bonchev–Trinajstić information content (AvgIpc) is 2.46. The molecule has 0 radical (unpaired) electrons. The molecule has 1 heterocycles. The van der Waals surface area contributed by atoms with Gasteiger partial charge >= 0.3 is 0 Å². The summed E-state index contributed by atoms with van der Waals surface area (Å²) in [4.78, 5) is 4.73. The second-order valence-corrected chi connectivity index (χ2v) is 7.12. The number of likely N-dealkylation sites (N-methyl/N-ethyl adjacent to an activating group) is 1. The summed E-state index contributed by atoms with van der Waals surface area (Å²) in [5.41, 5.74) is 0. The van der Waals surface area contributed by atoms with Gasteiger partial charge in [-0.05, 0) is 44.3 Å². The number of nitrogens with one attached hydrogen (secondary N) is 1. The lowest BCUT2D eigenvalue weighted by Gasteiger charge is -2.32. The Morgan fingerprint density at radius 3 is 2.38 bits per heavy atom. The maximum Gasteiger partial charge on any atom is 0.240 e. The van der Waals surface area contributed by atoms with Crippen LogP contribution in [-0.2, 0) is 10.0 Å². The van der Waals surface area contributed by atoms with Gasteiger partial charge in [0, 0.05) is 32.7 Å². The SMILES string of the molecule is CN1CCN(CCCNS(=O)(=O)c2ccc(F)cc2)CC1. The Hall–Kier alpha value is -1.02. The van der Waals surface area contributed by atoms with Crippen molar-refractivity contribution in [1.29, 1.82) is 0 Å². The summed E-state index contributed by atoms with van der Waals surface area (Å²) in [6.07, 6.45) is 0.768. The first-order chi connectivity index (χ1) is 9.97. The minimum atomic E-state index is -3.53. The summed E-state index contributed by atoms with van der Waals surface area (Å²) in [7, 11) is -1.43. The Kier molecular flexibility index (Phi) is 5.69. The lowest BCUT2D eigenvalue weighted by molar-refractivity contribution is 0.153. The Morgan fingerprint density at radius 1 is 1.14 bits per heavy atom. The van der Waals surface area contributed by atoms with Crippen LogP contribution in [0.5, 0.6) is 0 Å². The van der Waals surface area contributed by atoms with Crippen molar-refractivity contribution >= 4 is 10.0 Å². The third-order valence-electron chi connectivity index (χ3n) is 3.66. The minimum Gasteiger partial charge on any atom is -0.304 e. The van der Waals surface area contributed by atoms with Gasteiger partial charge in [0.15, 0.2) is 0 Å². The quantitative estimate of drug-likeness (QED) is 0.787. The smallest absolute Gasteiger partial charge is 0.240 e. The number of rotatable bonds is 6. The number of hydrogen-bond acceptors (Lipinski definition) is 4. The Balaban J connectivity index is 1.73. The molecule has 0 saturated carbocycles. The van der Waals surface area contributed by atoms with Crippen molar-refractivity contribution in [3.8, 4) is 0 Å². The fraction of sp³-hybridized carbons (Fsp3) is 0.571. The number of benzene rings is 1. The van der Waals surface area contributed by atoms with Crippen LogP contribution in [0.4, 0.5) is 4.39 Å². The van der Waals surface area contributed by atoms with E-state index in [-0.39, 0.29) is 4.90 Å². The monoisotopic (exact) mass is 315 g/mol. The van der Waals surface area contributed by atoms with E-state index in [0.29, 0.717) is 6.54 Å². The normalized spacial score (nSPS) is 18.0. The predicted molar refractivity (Wildman–Crippen MR) is 80.1 cm³/mol. The number of sulfonamides is 1. The lowest BCUT2D eigenvalue weighted by Crippen LogP contribution is -2.45. The van der Waals surface area contributed by atoms with Gasteiger partial charge in [0.25, 0.3) is 0 Å². The zero-order chi connectivity index (χ0) is 15.3. The van der Waals surface area contributed by atoms with Crippen LogP contribution in [0.15, 0.2) is 29.2 Å². The molecule has 7 heteroatoms. The van der Waals surface area contributed by atoms with Gasteiger partial charge in [-0.3, -0.25) is 0 Å². The van der Waals surface area contributed by atoms with Crippen LogP contribution in [0.3, 0.4) is 0 Å². The zero-order valence-corrected chi connectivity index (χ0v) is 13.1. The highest BCUT2D eigenvalue weighted by molar-refractivity contribution is 7.89. The van der Waals surface area contributed by atoms with E-state index < -0.39 is 15.8 Å². The molecule has 1 aliphatic heterocycles. The van der Waals surface area contributed by atoms with Gasteiger partial charge in [-0.1, -0.05) is 0 Å². The van der Waals surface area contributed by atoms with E-state index in [4.69, 9.17) is 0 Å². The van der Waals surface area contributed by atoms with Crippen LogP contribution in [0, 0.1) is 5.82 Å². The highest BCUT2D eigenvalue weighted by atomic mass is 32.2. The van der Waals surface area contributed by atoms with Gasteiger partial charge in [0.05, 0.1) is 4.90 Å². The van der Waals surface area contributed by atoms with Gasteiger partial charge in [-0.2, -0.15) is 0 Å². The van der Waals surface area contributed by atoms with Crippen LogP contribution in [0.2, 0.25) is 0 Å². The molecule has 1 aromatic carbocycles. The maximum atomic E-state index is 12.8. The molecular weight excluding hydrogens is 293 g/mol. The van der Waals surface area contributed by atoms with Gasteiger partial charge in [0.2, 0.25) is 10.0 Å². The average molecular weight is 315 g/mol. The van der Waals surface area contributed by atoms with Crippen LogP contribution >= 0.6 is 0 Å². The van der Waals surface area contributed by atoms with Gasteiger partial charge in [-0.15, -0.1) is 0 Å². The Labute approximate surface area is 125 Å². The third-order valence-corrected chi connectivity index (χ3v) is 5.14. The van der Waals surface area contributed by atoms with Crippen LogP contribution in [0.1, 0.15) is 6.42 Å². The molecule has 118 valence electrons. The molecule has 1 saturated heterocycles. The van der Waals surface area contributed by atoms with Gasteiger partial charge < -0.3 is 9.80 Å². The highest BCUT2D eigenvalue weighted by Crippen LogP contribution is 2.09. The second kappa shape index (κ2) is 7.31. The van der Waals surface area contributed by atoms with Gasteiger partial charge in [0.1, 0.15) is 5.82 Å². The number of hydrogen-bond donors (Lipinski definition) is 1. The summed E-state index contributed by atoms with van der Waals surface area (Å²) >= 11 is 0. The Morgan fingerprint density at radius 2 is 1.76 bits per heavy atom. The fourth-order valence-electron chi connectivity index (χ4n) is 2.28. The van der Waals surface area contributed by atoms with Crippen molar-refractivity contribution in [2.24, 2.45) is 0 Å². The number of halogens is 1. The summed E-state index contributed by atoms with van der Waals surface area (Å²) in [5.74, 6) is -0.441. The summed E-state index contributed by atoms with van der Waals surface area (Å²) in [5, 5.41) is 0. The molecular formula is C14H22FN3O2S. The summed E-state index contributed by atoms with van der Waals surface area (Å²) in [6, 6.07) is 4.86. The first kappa shape index (κ1) is 16.4. The van der Waals surface area contributed by atoms with Crippen molar-refractivity contribution in [2.45, 2.75) is 11.3 Å². The van der Waals surface area contributed by atoms with Crippen molar-refractivity contribution < 1.29 is 12.8 Å². The second-order valence-electron chi connectivity index (χ2n) is 5.35. The highest BCUT2D eigenvalue weighted by Gasteiger charge is 2.15. The van der Waals surface area contributed by atoms with Crippen molar-refractivity contribution in [3.05, 3.63) is 30.1 Å². The summed E-state index contributed by atoms with van der Waals surface area (Å²) in [6.45, 7) is 5.46. The third kappa shape index (κ3) is 5.03. The largest absolute Gasteiger partial charge is 0.304 e. The van der Waals surface area contributed by atoms with Crippen LogP contribution in [-0.4, -0.2) is 64.5 Å². The lowest BCUT2D eigenvalue weighted by atomic mass is 10.3. The molecule has 1 aromatic rings. The molecule has 1 N–H and O–H groups in total. The van der Waals surface area contributed by atoms with E-state index in [9.17, 15) is 12.8 Å². The predicted octanol–water partition coefficient (Wildman–Crippen LogP) is 0.741. The molecule has 0 aliphatic carbocycles. The minimum absolute atomic E-state index is 0.100. The molecule has 0 bridgehead atoms. The topological polar surface area (TPSA) is 52.6 Å². The van der Waals surface area contributed by atoms with Crippen LogP contribution in [0.25, 0.3) is 0 Å². The molecule has 1 aliphatic rings. The maximum absolute atomic E-state index is 12.8. The molecule has 0 aromatic heterocycles. The molecule has 5 nitrogen and oxygen atoms in total. The van der Waals surface area contributed by atoms with Crippen LogP contribution < -0.4 is 4.72 Å². The van der Waals surface area contributed by atoms with E-state index in [1.54, 1.807) is 0 Å². The molecule has 0 spiro atoms. The number of nitrogens with zero attached hydrogens (tertiary/aromatic N) is 2. The van der Waals surface area contributed by atoms with Crippen molar-refractivity contribution in [3.63, 3.8) is 0 Å². The first-order valence-electron chi connectivity index (χ1n) is 7.13. The van der Waals surface area contributed by atoms with E-state index in [1.807, 2.05) is 0 Å². The molecule has 0 amide bonds. The van der Waals surface area contributed by atoms with E-state index in [1.165, 1.54) is 12.1 Å². The molecule has 2 rings (SSSR count). The Bertz CT molecular complexity index is 540. The first-order valence-corrected chi connectivity index (χ1v) is 8.62. The van der Waals surface area contributed by atoms with Crippen molar-refractivity contribution in [1.82, 2.24) is 14.5 Å². The standard InChI is InChI=1S/C14H22FN3O2S/c1-17-9-11-18(12-10-17)8-2-7-16-21(19,20)14-5-3-13(15)4-6-14/h3-6,16H,2,7-12H2,1H3. The van der Waals surface area contributed by atoms with E-state index >= 15 is 0 Å². The number of piperazine rings is 1. The van der Waals surface area contributed by atoms with Gasteiger partial charge in [-0.25, -0.2) is 17.5 Å².